The number of ketones is 1. The monoisotopic (exact) mass is 517 g/mol. The lowest BCUT2D eigenvalue weighted by molar-refractivity contribution is -0.525. The van der Waals surface area contributed by atoms with Crippen molar-refractivity contribution in [2.45, 2.75) is 103 Å². The van der Waals surface area contributed by atoms with Gasteiger partial charge >= 0.3 is 5.84 Å². The summed E-state index contributed by atoms with van der Waals surface area (Å²) >= 11 is 0. The number of carbonyl (C=O) groups excluding carboxylic acids is 1. The lowest BCUT2D eigenvalue weighted by atomic mass is 10.1. The van der Waals surface area contributed by atoms with Gasteiger partial charge < -0.3 is 10.2 Å². The maximum Gasteiger partial charge on any atom is 0.316 e. The number of aliphatic hydroxyl groups is 2. The van der Waals surface area contributed by atoms with E-state index in [1.807, 2.05) is 0 Å². The average Bonchev–Trinajstić information content (AvgIpc) is 3.17. The summed E-state index contributed by atoms with van der Waals surface area (Å²) in [6.07, 6.45) is 19.2. The molecule has 9 heteroatoms. The van der Waals surface area contributed by atoms with Gasteiger partial charge in [0, 0.05) is 6.42 Å². The fourth-order valence-corrected chi connectivity index (χ4v) is 5.13. The Bertz CT molecular complexity index is 751. The van der Waals surface area contributed by atoms with Crippen LogP contribution >= 0.6 is 0 Å². The number of Topliss-reactive ketones (excluding diaryl/α,β-unsaturated/α-hetero) is 1. The van der Waals surface area contributed by atoms with Gasteiger partial charge in [-0.05, 0) is 32.1 Å². The Morgan fingerprint density at radius 3 is 2.14 bits per heavy atom. The molecule has 0 aliphatic carbocycles. The third-order valence-corrected chi connectivity index (χ3v) is 7.16. The van der Waals surface area contributed by atoms with Gasteiger partial charge in [0.25, 0.3) is 10.1 Å². The van der Waals surface area contributed by atoms with Crippen LogP contribution in [0.25, 0.3) is 0 Å². The van der Waals surface area contributed by atoms with Crippen molar-refractivity contribution in [3.63, 3.8) is 0 Å². The van der Waals surface area contributed by atoms with Crippen molar-refractivity contribution in [3.05, 3.63) is 12.2 Å². The van der Waals surface area contributed by atoms with Crippen LogP contribution in [0.3, 0.4) is 0 Å². The van der Waals surface area contributed by atoms with Crippen molar-refractivity contribution in [3.8, 4) is 0 Å². The molecule has 8 nitrogen and oxygen atoms in total. The van der Waals surface area contributed by atoms with E-state index < -0.39 is 22.0 Å². The number of allylic oxidation sites excluding steroid dienone is 2. The fraction of sp³-hybridized carbons (Fsp3) is 0.846. The number of nitrogens with zero attached hydrogens (tertiary/aromatic N) is 2. The molecule has 1 unspecified atom stereocenters. The van der Waals surface area contributed by atoms with Gasteiger partial charge in [-0.2, -0.15) is 8.42 Å². The number of rotatable bonds is 22. The molecule has 0 fully saturated rings. The number of hydrogen-bond acceptors (Lipinski definition) is 6. The molecule has 0 saturated carbocycles. The Hall–Kier alpha value is -1.29. The third kappa shape index (κ3) is 15.4. The Morgan fingerprint density at radius 1 is 1.00 bits per heavy atom. The van der Waals surface area contributed by atoms with E-state index in [4.69, 9.17) is 4.55 Å². The van der Waals surface area contributed by atoms with Crippen LogP contribution in [0.5, 0.6) is 0 Å². The van der Waals surface area contributed by atoms with Gasteiger partial charge in [-0.25, -0.2) is 0 Å². The standard InChI is InChI=1S/C26H48N2O6S/c1-2-3-4-5-6-7-8-9-10-11-12-13-14-15-16-17-25(31)26-27(20-21-29)18-19-28(26)22-24(30)23-35(32,33)34/h8-9,24,29-30H,2-7,10-23H2,1H3/p+1/b9-8+. The van der Waals surface area contributed by atoms with Crippen LogP contribution in [0, 0.1) is 0 Å². The Labute approximate surface area is 212 Å². The first-order valence-electron chi connectivity index (χ1n) is 13.6. The van der Waals surface area contributed by atoms with Crippen LogP contribution in [0.15, 0.2) is 12.2 Å². The Morgan fingerprint density at radius 2 is 1.57 bits per heavy atom. The molecule has 204 valence electrons. The molecule has 0 aromatic carbocycles. The van der Waals surface area contributed by atoms with E-state index >= 15 is 0 Å². The summed E-state index contributed by atoms with van der Waals surface area (Å²) in [5.41, 5.74) is 0. The van der Waals surface area contributed by atoms with Gasteiger partial charge in [0.2, 0.25) is 5.78 Å². The molecule has 1 atom stereocenters. The van der Waals surface area contributed by atoms with E-state index in [9.17, 15) is 23.4 Å². The van der Waals surface area contributed by atoms with Gasteiger partial charge in [0.05, 0.1) is 6.61 Å². The second-order valence-corrected chi connectivity index (χ2v) is 11.1. The number of β-amino-alcohol motifs (C(OH)–C–C–N with tert-alkyl or cyclic N) is 2. The zero-order chi connectivity index (χ0) is 25.9. The summed E-state index contributed by atoms with van der Waals surface area (Å²) in [7, 11) is -4.29. The number of aliphatic hydroxyl groups excluding tert-OH is 2. The average molecular weight is 518 g/mol. The molecule has 35 heavy (non-hydrogen) atoms. The summed E-state index contributed by atoms with van der Waals surface area (Å²) < 4.78 is 32.7. The lowest BCUT2D eigenvalue weighted by Crippen LogP contribution is -2.40. The highest BCUT2D eigenvalue weighted by Crippen LogP contribution is 2.12. The van der Waals surface area contributed by atoms with E-state index in [-0.39, 0.29) is 18.9 Å². The lowest BCUT2D eigenvalue weighted by Gasteiger charge is -2.13. The molecular weight excluding hydrogens is 468 g/mol. The molecule has 1 heterocycles. The molecule has 0 spiro atoms. The number of carbonyl (C=O) groups is 1. The van der Waals surface area contributed by atoms with Crippen LogP contribution in [0.2, 0.25) is 0 Å². The molecule has 0 radical (unpaired) electrons. The maximum absolute atomic E-state index is 12.9. The van der Waals surface area contributed by atoms with Crippen molar-refractivity contribution < 1.29 is 32.6 Å². The van der Waals surface area contributed by atoms with E-state index in [1.54, 1.807) is 9.48 Å². The van der Waals surface area contributed by atoms with Gasteiger partial charge in [-0.1, -0.05) is 70.4 Å². The highest BCUT2D eigenvalue weighted by atomic mass is 32.2. The molecule has 0 amide bonds. The molecule has 0 saturated heterocycles. The first kappa shape index (κ1) is 31.7. The third-order valence-electron chi connectivity index (χ3n) is 6.36. The normalized spacial score (nSPS) is 15.5. The molecule has 1 aliphatic rings. The minimum Gasteiger partial charge on any atom is -0.392 e. The van der Waals surface area contributed by atoms with Gasteiger partial charge in [0.1, 0.15) is 38.0 Å². The van der Waals surface area contributed by atoms with Crippen LogP contribution in [-0.2, 0) is 14.9 Å². The summed E-state index contributed by atoms with van der Waals surface area (Å²) in [4.78, 5) is 14.7. The molecule has 1 rings (SSSR count). The minimum atomic E-state index is -4.29. The minimum absolute atomic E-state index is 0.0455. The van der Waals surface area contributed by atoms with E-state index in [2.05, 4.69) is 19.1 Å². The topological polar surface area (TPSA) is 118 Å². The smallest absolute Gasteiger partial charge is 0.316 e. The van der Waals surface area contributed by atoms with Crippen molar-refractivity contribution in [1.29, 1.82) is 0 Å². The van der Waals surface area contributed by atoms with Crippen LogP contribution in [-0.4, -0.2) is 88.9 Å². The van der Waals surface area contributed by atoms with Crippen molar-refractivity contribution in [1.82, 2.24) is 4.90 Å². The molecular formula is C26H49N2O6S+. The number of unbranched alkanes of at least 4 members (excludes halogenated alkanes) is 11. The summed E-state index contributed by atoms with van der Waals surface area (Å²) in [5, 5.41) is 19.3. The zero-order valence-corrected chi connectivity index (χ0v) is 22.6. The second kappa shape index (κ2) is 18.9. The van der Waals surface area contributed by atoms with Crippen molar-refractivity contribution in [2.24, 2.45) is 0 Å². The van der Waals surface area contributed by atoms with Gasteiger partial charge in [0.15, 0.2) is 0 Å². The van der Waals surface area contributed by atoms with Crippen molar-refractivity contribution >= 4 is 21.7 Å². The zero-order valence-electron chi connectivity index (χ0n) is 21.7. The molecule has 0 aromatic rings. The van der Waals surface area contributed by atoms with Gasteiger partial charge in [-0.3, -0.25) is 18.8 Å². The van der Waals surface area contributed by atoms with Crippen LogP contribution < -0.4 is 0 Å². The second-order valence-electron chi connectivity index (χ2n) is 9.64. The predicted molar refractivity (Wildman–Crippen MR) is 141 cm³/mol. The first-order chi connectivity index (χ1) is 16.8. The van der Waals surface area contributed by atoms with Crippen LogP contribution in [0.1, 0.15) is 96.8 Å². The van der Waals surface area contributed by atoms with E-state index in [0.717, 1.165) is 25.7 Å². The highest BCUT2D eigenvalue weighted by molar-refractivity contribution is 7.85. The molecule has 1 aliphatic heterocycles. The molecule has 0 aromatic heterocycles. The Kier molecular flexibility index (Phi) is 17.1. The van der Waals surface area contributed by atoms with E-state index in [1.165, 1.54) is 57.8 Å². The number of amidine groups is 1. The Balaban J connectivity index is 2.27. The fourth-order valence-electron chi connectivity index (χ4n) is 4.54. The summed E-state index contributed by atoms with van der Waals surface area (Å²) in [5.74, 6) is -0.375. The van der Waals surface area contributed by atoms with Gasteiger partial charge in [-0.15, -0.1) is 0 Å². The van der Waals surface area contributed by atoms with Crippen molar-refractivity contribution in [2.75, 3.05) is 38.5 Å². The first-order valence-corrected chi connectivity index (χ1v) is 15.2. The summed E-state index contributed by atoms with van der Waals surface area (Å²) in [6.45, 7) is 3.43. The molecule has 0 bridgehead atoms. The largest absolute Gasteiger partial charge is 0.392 e. The SMILES string of the molecule is CCCCCCC/C=C/CCCCCCCCC(=O)C1=[N+](CC(O)CS(=O)(=O)O)CCN1CCO. The quantitative estimate of drug-likeness (QED) is 0.0870. The predicted octanol–water partition coefficient (Wildman–Crippen LogP) is 3.56. The maximum atomic E-state index is 12.9. The van der Waals surface area contributed by atoms with Crippen LogP contribution in [0.4, 0.5) is 0 Å². The molecule has 3 N–H and O–H groups in total. The highest BCUT2D eigenvalue weighted by Gasteiger charge is 2.36. The van der Waals surface area contributed by atoms with E-state index in [0.29, 0.717) is 31.9 Å². The summed E-state index contributed by atoms with van der Waals surface area (Å²) in [6, 6.07) is 0. The number of hydrogen-bond donors (Lipinski definition) is 3.